The number of hydrogen-bond donors (Lipinski definition) is 1. The zero-order chi connectivity index (χ0) is 13.4. The highest BCUT2D eigenvalue weighted by atomic mass is 19.1. The van der Waals surface area contributed by atoms with Crippen molar-refractivity contribution in [2.75, 3.05) is 11.9 Å². The smallest absolute Gasteiger partial charge is 0.148 e. The predicted molar refractivity (Wildman–Crippen MR) is 74.3 cm³/mol. The molecule has 0 radical (unpaired) electrons. The van der Waals surface area contributed by atoms with Crippen LogP contribution in [0.2, 0.25) is 0 Å². The van der Waals surface area contributed by atoms with Crippen molar-refractivity contribution in [1.82, 2.24) is 9.78 Å². The Balaban J connectivity index is 2.10. The van der Waals surface area contributed by atoms with Crippen molar-refractivity contribution in [1.29, 1.82) is 0 Å². The third kappa shape index (κ3) is 2.11. The van der Waals surface area contributed by atoms with Crippen LogP contribution in [0.5, 0.6) is 0 Å². The third-order valence-corrected chi connectivity index (χ3v) is 3.42. The fourth-order valence-corrected chi connectivity index (χ4v) is 2.59. The van der Waals surface area contributed by atoms with Crippen LogP contribution < -0.4 is 5.32 Å². The normalized spacial score (nSPS) is 13.7. The molecule has 3 nitrogen and oxygen atoms in total. The molecule has 0 saturated carbocycles. The van der Waals surface area contributed by atoms with Crippen LogP contribution in [-0.4, -0.2) is 16.3 Å². The van der Waals surface area contributed by atoms with E-state index in [4.69, 9.17) is 0 Å². The van der Waals surface area contributed by atoms with E-state index in [1.165, 1.54) is 11.6 Å². The molecule has 4 heteroatoms. The summed E-state index contributed by atoms with van der Waals surface area (Å²) in [6.45, 7) is 5.26. The molecule has 0 bridgehead atoms. The summed E-state index contributed by atoms with van der Waals surface area (Å²) in [6.07, 6.45) is 1.91. The van der Waals surface area contributed by atoms with E-state index in [0.29, 0.717) is 11.6 Å². The monoisotopic (exact) mass is 259 g/mol. The lowest BCUT2D eigenvalue weighted by Gasteiger charge is -2.07. The Morgan fingerprint density at radius 1 is 1.37 bits per heavy atom. The van der Waals surface area contributed by atoms with Gasteiger partial charge >= 0.3 is 0 Å². The SMILES string of the molecule is CC(C)Cc1nn(-c2ccccc2F)c2c1CCN2. The summed E-state index contributed by atoms with van der Waals surface area (Å²) >= 11 is 0. The number of nitrogens with one attached hydrogen (secondary N) is 1. The number of halogens is 1. The number of fused-ring (bicyclic) bond motifs is 1. The first kappa shape index (κ1) is 12.2. The van der Waals surface area contributed by atoms with Gasteiger partial charge in [-0.25, -0.2) is 9.07 Å². The molecule has 2 heterocycles. The van der Waals surface area contributed by atoms with Crippen molar-refractivity contribution < 1.29 is 4.39 Å². The van der Waals surface area contributed by atoms with Crippen molar-refractivity contribution in [3.63, 3.8) is 0 Å². The molecule has 100 valence electrons. The summed E-state index contributed by atoms with van der Waals surface area (Å²) in [7, 11) is 0. The van der Waals surface area contributed by atoms with E-state index in [2.05, 4.69) is 24.3 Å². The number of anilines is 1. The Morgan fingerprint density at radius 2 is 2.16 bits per heavy atom. The Bertz CT molecular complexity index is 601. The summed E-state index contributed by atoms with van der Waals surface area (Å²) in [4.78, 5) is 0. The van der Waals surface area contributed by atoms with Gasteiger partial charge in [-0.05, 0) is 30.9 Å². The van der Waals surface area contributed by atoms with E-state index in [1.54, 1.807) is 16.8 Å². The van der Waals surface area contributed by atoms with Gasteiger partial charge in [-0.15, -0.1) is 0 Å². The first-order valence-electron chi connectivity index (χ1n) is 6.76. The van der Waals surface area contributed by atoms with E-state index >= 15 is 0 Å². The van der Waals surface area contributed by atoms with Gasteiger partial charge in [-0.1, -0.05) is 26.0 Å². The van der Waals surface area contributed by atoms with Crippen molar-refractivity contribution in [2.24, 2.45) is 5.92 Å². The summed E-state index contributed by atoms with van der Waals surface area (Å²) in [5, 5.41) is 7.94. The maximum Gasteiger partial charge on any atom is 0.148 e. The number of hydrogen-bond acceptors (Lipinski definition) is 2. The highest BCUT2D eigenvalue weighted by molar-refractivity contribution is 5.57. The maximum atomic E-state index is 13.9. The highest BCUT2D eigenvalue weighted by Crippen LogP contribution is 2.30. The molecule has 0 unspecified atom stereocenters. The molecule has 1 N–H and O–H groups in total. The Hall–Kier alpha value is -1.84. The van der Waals surface area contributed by atoms with Crippen LogP contribution in [0.3, 0.4) is 0 Å². The lowest BCUT2D eigenvalue weighted by molar-refractivity contribution is 0.601. The van der Waals surface area contributed by atoms with Crippen LogP contribution in [-0.2, 0) is 12.8 Å². The molecular formula is C15H18FN3. The fourth-order valence-electron chi connectivity index (χ4n) is 2.59. The average Bonchev–Trinajstić information content (AvgIpc) is 2.93. The number of aromatic nitrogens is 2. The van der Waals surface area contributed by atoms with Crippen molar-refractivity contribution in [2.45, 2.75) is 26.7 Å². The molecule has 1 aromatic heterocycles. The number of para-hydroxylation sites is 1. The average molecular weight is 259 g/mol. The second kappa shape index (κ2) is 4.68. The highest BCUT2D eigenvalue weighted by Gasteiger charge is 2.24. The van der Waals surface area contributed by atoms with Gasteiger partial charge in [0.25, 0.3) is 0 Å². The lowest BCUT2D eigenvalue weighted by atomic mass is 10.0. The van der Waals surface area contributed by atoms with Crippen molar-refractivity contribution in [3.05, 3.63) is 41.3 Å². The van der Waals surface area contributed by atoms with Gasteiger partial charge in [0.1, 0.15) is 17.3 Å². The Labute approximate surface area is 112 Å². The second-order valence-corrected chi connectivity index (χ2v) is 5.41. The van der Waals surface area contributed by atoms with Crippen LogP contribution in [0.15, 0.2) is 24.3 Å². The summed E-state index contributed by atoms with van der Waals surface area (Å²) in [6, 6.07) is 6.77. The zero-order valence-corrected chi connectivity index (χ0v) is 11.3. The second-order valence-electron chi connectivity index (χ2n) is 5.41. The van der Waals surface area contributed by atoms with Gasteiger partial charge in [0, 0.05) is 12.1 Å². The summed E-state index contributed by atoms with van der Waals surface area (Å²) in [5.74, 6) is 1.27. The molecule has 19 heavy (non-hydrogen) atoms. The first-order valence-corrected chi connectivity index (χ1v) is 6.76. The van der Waals surface area contributed by atoms with Crippen LogP contribution in [0.4, 0.5) is 10.2 Å². The minimum atomic E-state index is -0.238. The quantitative estimate of drug-likeness (QED) is 0.917. The minimum Gasteiger partial charge on any atom is -0.369 e. The maximum absolute atomic E-state index is 13.9. The topological polar surface area (TPSA) is 29.9 Å². The number of nitrogens with zero attached hydrogens (tertiary/aromatic N) is 2. The van der Waals surface area contributed by atoms with Crippen LogP contribution in [0.25, 0.3) is 5.69 Å². The van der Waals surface area contributed by atoms with Gasteiger partial charge in [-0.2, -0.15) is 5.10 Å². The molecule has 2 aromatic rings. The molecule has 0 spiro atoms. The molecular weight excluding hydrogens is 241 g/mol. The van der Waals surface area contributed by atoms with Gasteiger partial charge in [0.05, 0.1) is 5.69 Å². The standard InChI is InChI=1S/C15H18FN3/c1-10(2)9-13-11-7-8-17-15(11)19(18-13)14-6-4-3-5-12(14)16/h3-6,10,17H,7-9H2,1-2H3. The third-order valence-electron chi connectivity index (χ3n) is 3.42. The molecule has 0 aliphatic carbocycles. The van der Waals surface area contributed by atoms with E-state index in [0.717, 1.165) is 30.9 Å². The van der Waals surface area contributed by atoms with Crippen LogP contribution in [0.1, 0.15) is 25.1 Å². The predicted octanol–water partition coefficient (Wildman–Crippen LogP) is 3.18. The summed E-state index contributed by atoms with van der Waals surface area (Å²) in [5.41, 5.74) is 2.86. The molecule has 0 atom stereocenters. The zero-order valence-electron chi connectivity index (χ0n) is 11.3. The Kier molecular flexibility index (Phi) is 3.01. The Morgan fingerprint density at radius 3 is 2.89 bits per heavy atom. The van der Waals surface area contributed by atoms with Gasteiger partial charge in [0.2, 0.25) is 0 Å². The first-order chi connectivity index (χ1) is 9.16. The van der Waals surface area contributed by atoms with Crippen molar-refractivity contribution >= 4 is 5.82 Å². The largest absolute Gasteiger partial charge is 0.369 e. The molecule has 1 aromatic carbocycles. The molecule has 1 aliphatic rings. The van der Waals surface area contributed by atoms with E-state index < -0.39 is 0 Å². The lowest BCUT2D eigenvalue weighted by Crippen LogP contribution is -2.07. The molecule has 0 saturated heterocycles. The fraction of sp³-hybridized carbons (Fsp3) is 0.400. The van der Waals surface area contributed by atoms with Gasteiger partial charge < -0.3 is 5.32 Å². The molecule has 0 amide bonds. The minimum absolute atomic E-state index is 0.238. The molecule has 3 rings (SSSR count). The van der Waals surface area contributed by atoms with E-state index in [1.807, 2.05) is 6.07 Å². The number of rotatable bonds is 3. The van der Waals surface area contributed by atoms with Gasteiger partial charge in [0.15, 0.2) is 0 Å². The van der Waals surface area contributed by atoms with Crippen LogP contribution in [0, 0.1) is 11.7 Å². The molecule has 0 fully saturated rings. The summed E-state index contributed by atoms with van der Waals surface area (Å²) < 4.78 is 15.6. The van der Waals surface area contributed by atoms with E-state index in [-0.39, 0.29) is 5.82 Å². The van der Waals surface area contributed by atoms with Crippen LogP contribution >= 0.6 is 0 Å². The van der Waals surface area contributed by atoms with Gasteiger partial charge in [-0.3, -0.25) is 0 Å². The van der Waals surface area contributed by atoms with E-state index in [9.17, 15) is 4.39 Å². The van der Waals surface area contributed by atoms with Crippen molar-refractivity contribution in [3.8, 4) is 5.69 Å². The number of benzene rings is 1. The molecule has 1 aliphatic heterocycles.